The van der Waals surface area contributed by atoms with Gasteiger partial charge in [-0.3, -0.25) is 9.59 Å². The molecule has 0 atom stereocenters. The van der Waals surface area contributed by atoms with E-state index in [2.05, 4.69) is 0 Å². The molecule has 4 nitrogen and oxygen atoms in total. The normalized spacial score (nSPS) is 10.5. The summed E-state index contributed by atoms with van der Waals surface area (Å²) in [6, 6.07) is 10.9. The zero-order chi connectivity index (χ0) is 19.8. The summed E-state index contributed by atoms with van der Waals surface area (Å²) in [4.78, 5) is 25.5. The molecule has 0 fully saturated rings. The molecule has 0 N–H and O–H groups in total. The minimum absolute atomic E-state index is 0.0249. The lowest BCUT2D eigenvalue weighted by Gasteiger charge is -2.23. The molecule has 0 aliphatic heterocycles. The van der Waals surface area contributed by atoms with Gasteiger partial charge in [-0.05, 0) is 31.0 Å². The second-order valence-electron chi connectivity index (χ2n) is 5.81. The Hall–Kier alpha value is -2.83. The molecule has 2 aromatic rings. The first-order valence-corrected chi connectivity index (χ1v) is 8.56. The largest absolute Gasteiger partial charge is 0.466 e. The summed E-state index contributed by atoms with van der Waals surface area (Å²) in [6.07, 6.45) is 0.375. The molecule has 27 heavy (non-hydrogen) atoms. The second-order valence-corrected chi connectivity index (χ2v) is 5.81. The highest BCUT2D eigenvalue weighted by Crippen LogP contribution is 2.17. The van der Waals surface area contributed by atoms with Crippen molar-refractivity contribution in [3.63, 3.8) is 0 Å². The van der Waals surface area contributed by atoms with E-state index in [-0.39, 0.29) is 26.1 Å². The first-order valence-electron chi connectivity index (χ1n) is 8.56. The van der Waals surface area contributed by atoms with Gasteiger partial charge in [-0.15, -0.1) is 0 Å². The number of ether oxygens (including phenoxy) is 1. The van der Waals surface area contributed by atoms with Gasteiger partial charge in [0.05, 0.1) is 18.6 Å². The maximum Gasteiger partial charge on any atom is 0.307 e. The quantitative estimate of drug-likeness (QED) is 0.519. The van der Waals surface area contributed by atoms with Crippen LogP contribution in [-0.4, -0.2) is 36.5 Å². The Morgan fingerprint density at radius 3 is 2.33 bits per heavy atom. The van der Waals surface area contributed by atoms with Gasteiger partial charge in [-0.2, -0.15) is 0 Å². The number of carbonyl (C=O) groups excluding carboxylic acids is 2. The second kappa shape index (κ2) is 9.75. The Bertz CT molecular complexity index is 797. The van der Waals surface area contributed by atoms with Gasteiger partial charge in [0.1, 0.15) is 0 Å². The molecule has 0 heterocycles. The van der Waals surface area contributed by atoms with Crippen molar-refractivity contribution in [2.45, 2.75) is 19.8 Å². The fraction of sp³-hybridized carbons (Fsp3) is 0.300. The van der Waals surface area contributed by atoms with Crippen molar-refractivity contribution >= 4 is 11.9 Å². The Labute approximate surface area is 155 Å². The number of amides is 1. The summed E-state index contributed by atoms with van der Waals surface area (Å²) in [5.74, 6) is -5.92. The van der Waals surface area contributed by atoms with Gasteiger partial charge in [0.2, 0.25) is 0 Å². The van der Waals surface area contributed by atoms with Crippen molar-refractivity contribution in [2.75, 3.05) is 19.7 Å². The van der Waals surface area contributed by atoms with Crippen molar-refractivity contribution in [1.29, 1.82) is 0 Å². The predicted molar refractivity (Wildman–Crippen MR) is 93.6 cm³/mol. The van der Waals surface area contributed by atoms with Crippen LogP contribution in [0.2, 0.25) is 0 Å². The molecule has 0 saturated heterocycles. The first-order chi connectivity index (χ1) is 12.9. The topological polar surface area (TPSA) is 46.6 Å². The molecule has 2 aromatic carbocycles. The molecule has 0 saturated carbocycles. The van der Waals surface area contributed by atoms with Crippen LogP contribution in [0.15, 0.2) is 42.5 Å². The fourth-order valence-corrected chi connectivity index (χ4v) is 2.54. The van der Waals surface area contributed by atoms with Crippen LogP contribution in [0.1, 0.15) is 29.3 Å². The Kier molecular flexibility index (Phi) is 7.40. The predicted octanol–water partition coefficient (Wildman–Crippen LogP) is 3.74. The van der Waals surface area contributed by atoms with Crippen LogP contribution in [0.25, 0.3) is 0 Å². The third kappa shape index (κ3) is 5.57. The maximum atomic E-state index is 14.0. The minimum atomic E-state index is -1.70. The van der Waals surface area contributed by atoms with E-state index in [1.165, 1.54) is 4.90 Å². The van der Waals surface area contributed by atoms with Gasteiger partial charge in [-0.1, -0.05) is 30.3 Å². The molecule has 144 valence electrons. The van der Waals surface area contributed by atoms with Crippen molar-refractivity contribution in [2.24, 2.45) is 0 Å². The molecule has 0 aliphatic carbocycles. The van der Waals surface area contributed by atoms with E-state index in [0.717, 1.165) is 11.6 Å². The van der Waals surface area contributed by atoms with Gasteiger partial charge in [0.15, 0.2) is 17.5 Å². The maximum absolute atomic E-state index is 14.0. The highest BCUT2D eigenvalue weighted by atomic mass is 19.2. The SMILES string of the molecule is CCOC(=O)CCN(CCc1ccccc1)C(=O)c1ccc(F)c(F)c1F. The van der Waals surface area contributed by atoms with Crippen molar-refractivity contribution < 1.29 is 27.5 Å². The lowest BCUT2D eigenvalue weighted by Crippen LogP contribution is -2.35. The zero-order valence-corrected chi connectivity index (χ0v) is 14.9. The van der Waals surface area contributed by atoms with Crippen LogP contribution < -0.4 is 0 Å². The molecule has 0 bridgehead atoms. The van der Waals surface area contributed by atoms with Crippen LogP contribution in [-0.2, 0) is 16.0 Å². The monoisotopic (exact) mass is 379 g/mol. The van der Waals surface area contributed by atoms with Gasteiger partial charge in [-0.25, -0.2) is 13.2 Å². The number of hydrogen-bond acceptors (Lipinski definition) is 3. The summed E-state index contributed by atoms with van der Waals surface area (Å²) in [5.41, 5.74) is 0.364. The van der Waals surface area contributed by atoms with E-state index in [4.69, 9.17) is 4.74 Å². The molecule has 0 aliphatic rings. The molecular formula is C20H20F3NO3. The molecule has 7 heteroatoms. The van der Waals surface area contributed by atoms with E-state index in [9.17, 15) is 22.8 Å². The number of nitrogens with zero attached hydrogens (tertiary/aromatic N) is 1. The van der Waals surface area contributed by atoms with Crippen LogP contribution in [0.4, 0.5) is 13.2 Å². The van der Waals surface area contributed by atoms with Gasteiger partial charge in [0, 0.05) is 13.1 Å². The van der Waals surface area contributed by atoms with Crippen LogP contribution in [0, 0.1) is 17.5 Å². The molecule has 0 aromatic heterocycles. The van der Waals surface area contributed by atoms with Crippen LogP contribution in [0.3, 0.4) is 0 Å². The number of benzene rings is 2. The number of halogens is 3. The number of carbonyl (C=O) groups is 2. The Balaban J connectivity index is 2.18. The standard InChI is InChI=1S/C20H20F3NO3/c1-2-27-17(25)11-13-24(12-10-14-6-4-3-5-7-14)20(26)15-8-9-16(21)19(23)18(15)22/h3-9H,2,10-13H2,1H3. The third-order valence-electron chi connectivity index (χ3n) is 3.96. The Morgan fingerprint density at radius 1 is 0.963 bits per heavy atom. The average Bonchev–Trinajstić information content (AvgIpc) is 2.67. The van der Waals surface area contributed by atoms with Crippen molar-refractivity contribution in [3.05, 3.63) is 71.0 Å². The zero-order valence-electron chi connectivity index (χ0n) is 14.9. The summed E-state index contributed by atoms with van der Waals surface area (Å²) < 4.78 is 45.5. The van der Waals surface area contributed by atoms with E-state index in [1.807, 2.05) is 30.3 Å². The third-order valence-corrected chi connectivity index (χ3v) is 3.96. The average molecular weight is 379 g/mol. The Morgan fingerprint density at radius 2 is 1.67 bits per heavy atom. The number of rotatable bonds is 8. The molecular weight excluding hydrogens is 359 g/mol. The van der Waals surface area contributed by atoms with Gasteiger partial charge in [0.25, 0.3) is 5.91 Å². The number of esters is 1. The molecule has 0 radical (unpaired) electrons. The molecule has 0 spiro atoms. The summed E-state index contributed by atoms with van der Waals surface area (Å²) >= 11 is 0. The molecule has 0 unspecified atom stereocenters. The van der Waals surface area contributed by atoms with E-state index >= 15 is 0 Å². The smallest absolute Gasteiger partial charge is 0.307 e. The van der Waals surface area contributed by atoms with E-state index < -0.39 is 34.9 Å². The van der Waals surface area contributed by atoms with E-state index in [1.54, 1.807) is 6.92 Å². The highest BCUT2D eigenvalue weighted by Gasteiger charge is 2.24. The minimum Gasteiger partial charge on any atom is -0.466 e. The van der Waals surface area contributed by atoms with E-state index in [0.29, 0.717) is 12.5 Å². The lowest BCUT2D eigenvalue weighted by atomic mass is 10.1. The summed E-state index contributed by atoms with van der Waals surface area (Å²) in [6.45, 7) is 2.02. The van der Waals surface area contributed by atoms with Crippen molar-refractivity contribution in [1.82, 2.24) is 4.90 Å². The van der Waals surface area contributed by atoms with Crippen molar-refractivity contribution in [3.8, 4) is 0 Å². The van der Waals surface area contributed by atoms with Gasteiger partial charge < -0.3 is 9.64 Å². The van der Waals surface area contributed by atoms with Gasteiger partial charge >= 0.3 is 5.97 Å². The van der Waals surface area contributed by atoms with Crippen LogP contribution in [0.5, 0.6) is 0 Å². The first kappa shape index (κ1) is 20.5. The lowest BCUT2D eigenvalue weighted by molar-refractivity contribution is -0.143. The summed E-state index contributed by atoms with van der Waals surface area (Å²) in [7, 11) is 0. The van der Waals surface area contributed by atoms with Crippen LogP contribution >= 0.6 is 0 Å². The molecule has 2 rings (SSSR count). The molecule has 1 amide bonds. The highest BCUT2D eigenvalue weighted by molar-refractivity contribution is 5.94. The summed E-state index contributed by atoms with van der Waals surface area (Å²) in [5, 5.41) is 0. The fourth-order valence-electron chi connectivity index (χ4n) is 2.54. The number of hydrogen-bond donors (Lipinski definition) is 0.